The number of hydrogen-bond acceptors (Lipinski definition) is 3. The van der Waals surface area contributed by atoms with Gasteiger partial charge in [-0.2, -0.15) is 13.2 Å². The Morgan fingerprint density at radius 1 is 1.18 bits per heavy atom. The van der Waals surface area contributed by atoms with Crippen molar-refractivity contribution in [1.82, 2.24) is 0 Å². The van der Waals surface area contributed by atoms with Crippen LogP contribution in [0.3, 0.4) is 0 Å². The van der Waals surface area contributed by atoms with Crippen LogP contribution < -0.4 is 15.8 Å². The molecule has 1 unspecified atom stereocenters. The van der Waals surface area contributed by atoms with Crippen molar-refractivity contribution in [3.05, 3.63) is 59.7 Å². The highest BCUT2D eigenvalue weighted by Gasteiger charge is 2.30. The molecule has 2 aromatic rings. The van der Waals surface area contributed by atoms with Gasteiger partial charge in [-0.15, -0.1) is 0 Å². The number of guanidine groups is 1. The molecule has 0 aliphatic carbocycles. The number of halogens is 3. The van der Waals surface area contributed by atoms with Crippen molar-refractivity contribution in [2.75, 3.05) is 18.5 Å². The fourth-order valence-corrected chi connectivity index (χ4v) is 2.35. The fourth-order valence-electron chi connectivity index (χ4n) is 2.35. The number of nitrogens with zero attached hydrogens (tertiary/aromatic N) is 1. The molecule has 8 heteroatoms. The Balaban J connectivity index is 1.82. The van der Waals surface area contributed by atoms with Crippen LogP contribution in [0.1, 0.15) is 30.9 Å². The fraction of sp³-hybridized carbons (Fsp3) is 0.350. The lowest BCUT2D eigenvalue weighted by molar-refractivity contribution is -0.137. The van der Waals surface area contributed by atoms with E-state index in [-0.39, 0.29) is 24.9 Å². The molecule has 0 bridgehead atoms. The van der Waals surface area contributed by atoms with Crippen LogP contribution in [0.4, 0.5) is 18.9 Å². The summed E-state index contributed by atoms with van der Waals surface area (Å²) in [6, 6.07) is 12.0. The minimum absolute atomic E-state index is 0.0106. The number of hydrogen-bond donors (Lipinski definition) is 3. The standard InChI is InChI=1S/C20H24F3N3O2/c1-13(2)14-4-3-5-16(10-14)26-19(24)25-11-17(27)12-28-18-8-6-15(7-9-18)20(21,22)23/h3-10,13,17,27H,11-12H2,1-2H3,(H3,24,25,26). The first-order valence-electron chi connectivity index (χ1n) is 8.80. The normalized spacial score (nSPS) is 13.5. The van der Waals surface area contributed by atoms with Crippen molar-refractivity contribution in [3.8, 4) is 5.75 Å². The van der Waals surface area contributed by atoms with E-state index in [1.54, 1.807) is 0 Å². The van der Waals surface area contributed by atoms with Crippen LogP contribution in [0, 0.1) is 0 Å². The molecule has 2 aromatic carbocycles. The second kappa shape index (κ2) is 9.45. The van der Waals surface area contributed by atoms with E-state index in [0.29, 0.717) is 5.92 Å². The Kier molecular flexibility index (Phi) is 7.28. The molecular weight excluding hydrogens is 371 g/mol. The van der Waals surface area contributed by atoms with Gasteiger partial charge in [0.2, 0.25) is 0 Å². The molecule has 2 rings (SSSR count). The van der Waals surface area contributed by atoms with Gasteiger partial charge in [0.1, 0.15) is 18.5 Å². The minimum Gasteiger partial charge on any atom is -0.491 e. The molecule has 0 saturated heterocycles. The average molecular weight is 395 g/mol. The summed E-state index contributed by atoms with van der Waals surface area (Å²) in [4.78, 5) is 4.06. The van der Waals surface area contributed by atoms with E-state index in [2.05, 4.69) is 24.2 Å². The molecule has 0 saturated carbocycles. The number of anilines is 1. The summed E-state index contributed by atoms with van der Waals surface area (Å²) >= 11 is 0. The maximum absolute atomic E-state index is 12.5. The number of aliphatic hydroxyl groups excluding tert-OH is 1. The van der Waals surface area contributed by atoms with Crippen molar-refractivity contribution in [2.45, 2.75) is 32.0 Å². The summed E-state index contributed by atoms with van der Waals surface area (Å²) < 4.78 is 42.8. The van der Waals surface area contributed by atoms with E-state index in [0.717, 1.165) is 23.4 Å². The molecule has 0 aromatic heterocycles. The van der Waals surface area contributed by atoms with Crippen molar-refractivity contribution in [2.24, 2.45) is 10.7 Å². The highest BCUT2D eigenvalue weighted by Crippen LogP contribution is 2.30. The molecular formula is C20H24F3N3O2. The van der Waals surface area contributed by atoms with Crippen LogP contribution in [-0.2, 0) is 6.18 Å². The summed E-state index contributed by atoms with van der Waals surface area (Å²) in [5, 5.41) is 12.9. The zero-order valence-electron chi connectivity index (χ0n) is 15.7. The van der Waals surface area contributed by atoms with Crippen LogP contribution in [0.15, 0.2) is 53.5 Å². The number of nitrogens with one attached hydrogen (secondary N) is 1. The van der Waals surface area contributed by atoms with Gasteiger partial charge in [0.25, 0.3) is 0 Å². The topological polar surface area (TPSA) is 79.9 Å². The minimum atomic E-state index is -4.40. The highest BCUT2D eigenvalue weighted by atomic mass is 19.4. The number of ether oxygens (including phenoxy) is 1. The van der Waals surface area contributed by atoms with Gasteiger partial charge in [0.15, 0.2) is 5.96 Å². The number of rotatable bonds is 7. The van der Waals surface area contributed by atoms with Crippen LogP contribution >= 0.6 is 0 Å². The SMILES string of the molecule is CC(C)c1cccc(NC(N)=NCC(O)COc2ccc(C(F)(F)F)cc2)c1. The Hall–Kier alpha value is -2.74. The molecule has 0 radical (unpaired) electrons. The summed E-state index contributed by atoms with van der Waals surface area (Å²) in [6.07, 6.45) is -5.35. The first-order valence-corrected chi connectivity index (χ1v) is 8.80. The second-order valence-electron chi connectivity index (χ2n) is 6.62. The van der Waals surface area contributed by atoms with Crippen LogP contribution in [0.5, 0.6) is 5.75 Å². The number of aliphatic hydroxyl groups is 1. The summed E-state index contributed by atoms with van der Waals surface area (Å²) in [5.74, 6) is 0.756. The highest BCUT2D eigenvalue weighted by molar-refractivity contribution is 5.92. The molecule has 0 aliphatic rings. The van der Waals surface area contributed by atoms with E-state index in [1.807, 2.05) is 24.3 Å². The Labute approximate surface area is 162 Å². The van der Waals surface area contributed by atoms with Gasteiger partial charge in [-0.1, -0.05) is 26.0 Å². The lowest BCUT2D eigenvalue weighted by Crippen LogP contribution is -2.27. The van der Waals surface area contributed by atoms with Crippen LogP contribution in [-0.4, -0.2) is 30.3 Å². The van der Waals surface area contributed by atoms with Crippen molar-refractivity contribution >= 4 is 11.6 Å². The molecule has 152 valence electrons. The lowest BCUT2D eigenvalue weighted by atomic mass is 10.0. The van der Waals surface area contributed by atoms with Gasteiger partial charge in [0, 0.05) is 5.69 Å². The number of benzene rings is 2. The molecule has 0 amide bonds. The summed E-state index contributed by atoms with van der Waals surface area (Å²) in [5.41, 5.74) is 7.02. The van der Waals surface area contributed by atoms with Gasteiger partial charge in [-0.05, 0) is 47.9 Å². The number of aliphatic imine (C=N–C) groups is 1. The predicted octanol–water partition coefficient (Wildman–Crippen LogP) is 4.00. The zero-order valence-corrected chi connectivity index (χ0v) is 15.7. The van der Waals surface area contributed by atoms with Crippen molar-refractivity contribution in [3.63, 3.8) is 0 Å². The Morgan fingerprint density at radius 3 is 2.46 bits per heavy atom. The average Bonchev–Trinajstić information content (AvgIpc) is 2.64. The molecule has 1 atom stereocenters. The molecule has 0 heterocycles. The molecule has 5 nitrogen and oxygen atoms in total. The third-order valence-corrected chi connectivity index (χ3v) is 3.92. The van der Waals surface area contributed by atoms with E-state index in [4.69, 9.17) is 10.5 Å². The maximum Gasteiger partial charge on any atom is 0.416 e. The van der Waals surface area contributed by atoms with Crippen LogP contribution in [0.25, 0.3) is 0 Å². The monoisotopic (exact) mass is 395 g/mol. The predicted molar refractivity (Wildman–Crippen MR) is 104 cm³/mol. The van der Waals surface area contributed by atoms with Gasteiger partial charge >= 0.3 is 6.18 Å². The molecule has 0 spiro atoms. The Morgan fingerprint density at radius 2 is 1.86 bits per heavy atom. The second-order valence-corrected chi connectivity index (χ2v) is 6.62. The molecule has 28 heavy (non-hydrogen) atoms. The third-order valence-electron chi connectivity index (χ3n) is 3.92. The first-order chi connectivity index (χ1) is 13.1. The largest absolute Gasteiger partial charge is 0.491 e. The third kappa shape index (κ3) is 6.77. The van der Waals surface area contributed by atoms with E-state index >= 15 is 0 Å². The summed E-state index contributed by atoms with van der Waals surface area (Å²) in [6.45, 7) is 4.04. The van der Waals surface area contributed by atoms with Gasteiger partial charge < -0.3 is 20.9 Å². The zero-order chi connectivity index (χ0) is 20.7. The Bertz CT molecular complexity index is 790. The van der Waals surface area contributed by atoms with Crippen molar-refractivity contribution in [1.29, 1.82) is 0 Å². The molecule has 4 N–H and O–H groups in total. The first kappa shape index (κ1) is 21.6. The van der Waals surface area contributed by atoms with E-state index < -0.39 is 17.8 Å². The number of nitrogens with two attached hydrogens (primary N) is 1. The van der Waals surface area contributed by atoms with Crippen molar-refractivity contribution < 1.29 is 23.0 Å². The number of alkyl halides is 3. The molecule has 0 fully saturated rings. The summed E-state index contributed by atoms with van der Waals surface area (Å²) in [7, 11) is 0. The molecule has 0 aliphatic heterocycles. The van der Waals surface area contributed by atoms with Gasteiger partial charge in [-0.25, -0.2) is 0 Å². The van der Waals surface area contributed by atoms with Crippen LogP contribution in [0.2, 0.25) is 0 Å². The smallest absolute Gasteiger partial charge is 0.416 e. The van der Waals surface area contributed by atoms with Gasteiger partial charge in [0.05, 0.1) is 12.1 Å². The van der Waals surface area contributed by atoms with Gasteiger partial charge in [-0.3, -0.25) is 4.99 Å². The lowest BCUT2D eigenvalue weighted by Gasteiger charge is -2.13. The van der Waals surface area contributed by atoms with E-state index in [1.165, 1.54) is 12.1 Å². The maximum atomic E-state index is 12.5. The van der Waals surface area contributed by atoms with E-state index in [9.17, 15) is 18.3 Å². The quantitative estimate of drug-likeness (QED) is 0.489.